The lowest BCUT2D eigenvalue weighted by Gasteiger charge is -2.28. The summed E-state index contributed by atoms with van der Waals surface area (Å²) in [6, 6.07) is 10.0. The third kappa shape index (κ3) is 2.65. The Hall–Kier alpha value is -1.39. The Balaban J connectivity index is 2.13. The van der Waals surface area contributed by atoms with Gasteiger partial charge in [-0.25, -0.2) is 4.79 Å². The van der Waals surface area contributed by atoms with E-state index in [1.165, 1.54) is 7.11 Å². The lowest BCUT2D eigenvalue weighted by molar-refractivity contribution is -0.153. The van der Waals surface area contributed by atoms with E-state index in [0.29, 0.717) is 0 Å². The Morgan fingerprint density at radius 1 is 1.41 bits per heavy atom. The molecule has 0 bridgehead atoms. The zero-order valence-electron chi connectivity index (χ0n) is 9.94. The molecule has 4 nitrogen and oxygen atoms in total. The zero-order valence-corrected chi connectivity index (χ0v) is 9.94. The highest BCUT2D eigenvalue weighted by molar-refractivity contribution is 5.70. The normalized spacial score (nSPS) is 23.6. The van der Waals surface area contributed by atoms with Crippen LogP contribution in [0.25, 0.3) is 0 Å². The van der Waals surface area contributed by atoms with Gasteiger partial charge >= 0.3 is 5.97 Å². The highest BCUT2D eigenvalue weighted by atomic mass is 16.6. The molecule has 0 amide bonds. The molecular weight excluding hydrogens is 218 g/mol. The third-order valence-electron chi connectivity index (χ3n) is 3.11. The van der Waals surface area contributed by atoms with Crippen molar-refractivity contribution in [1.29, 1.82) is 0 Å². The molecule has 1 aromatic carbocycles. The topological polar surface area (TPSA) is 47.6 Å². The largest absolute Gasteiger partial charge is 0.467 e. The third-order valence-corrected chi connectivity index (χ3v) is 3.11. The molecule has 17 heavy (non-hydrogen) atoms. The summed E-state index contributed by atoms with van der Waals surface area (Å²) in [5.74, 6) is -0.341. The maximum Gasteiger partial charge on any atom is 0.331 e. The Morgan fingerprint density at radius 2 is 2.18 bits per heavy atom. The van der Waals surface area contributed by atoms with E-state index in [2.05, 4.69) is 10.1 Å². The van der Waals surface area contributed by atoms with Crippen molar-refractivity contribution in [2.45, 2.75) is 12.0 Å². The predicted molar refractivity (Wildman–Crippen MR) is 63.6 cm³/mol. The van der Waals surface area contributed by atoms with Gasteiger partial charge in [0, 0.05) is 6.54 Å². The molecule has 1 atom stereocenters. The summed E-state index contributed by atoms with van der Waals surface area (Å²) >= 11 is 0. The molecule has 1 aromatic rings. The number of carbonyl (C=O) groups excluding carboxylic acids is 1. The molecule has 0 radical (unpaired) electrons. The van der Waals surface area contributed by atoms with Crippen LogP contribution in [0.4, 0.5) is 0 Å². The van der Waals surface area contributed by atoms with Crippen LogP contribution in [0.1, 0.15) is 12.0 Å². The summed E-state index contributed by atoms with van der Waals surface area (Å²) in [5, 5.41) is 3.28. The van der Waals surface area contributed by atoms with Crippen LogP contribution in [-0.4, -0.2) is 32.8 Å². The average molecular weight is 235 g/mol. The minimum atomic E-state index is -0.393. The number of methoxy groups -OCH3 is 1. The smallest absolute Gasteiger partial charge is 0.331 e. The van der Waals surface area contributed by atoms with Crippen LogP contribution >= 0.6 is 0 Å². The molecule has 1 aliphatic heterocycles. The van der Waals surface area contributed by atoms with E-state index >= 15 is 0 Å². The van der Waals surface area contributed by atoms with E-state index in [9.17, 15) is 4.79 Å². The Bertz CT molecular complexity index is 372. The molecule has 92 valence electrons. The summed E-state index contributed by atoms with van der Waals surface area (Å²) in [4.78, 5) is 11.2. The second-order valence-corrected chi connectivity index (χ2v) is 4.15. The van der Waals surface area contributed by atoms with Crippen LogP contribution in [0.15, 0.2) is 30.3 Å². The van der Waals surface area contributed by atoms with Crippen LogP contribution in [0.5, 0.6) is 0 Å². The van der Waals surface area contributed by atoms with Gasteiger partial charge in [0.1, 0.15) is 12.2 Å². The van der Waals surface area contributed by atoms with E-state index in [4.69, 9.17) is 4.74 Å². The predicted octanol–water partition coefficient (Wildman–Crippen LogP) is 1.06. The van der Waals surface area contributed by atoms with Crippen molar-refractivity contribution in [3.8, 4) is 0 Å². The minimum absolute atomic E-state index is 0.00687. The highest BCUT2D eigenvalue weighted by Gasteiger charge is 2.37. The Morgan fingerprint density at radius 3 is 2.76 bits per heavy atom. The van der Waals surface area contributed by atoms with Crippen LogP contribution in [0.2, 0.25) is 0 Å². The summed E-state index contributed by atoms with van der Waals surface area (Å²) < 4.78 is 10.4. The summed E-state index contributed by atoms with van der Waals surface area (Å²) in [5.41, 5.74) is 0.712. The van der Waals surface area contributed by atoms with Crippen molar-refractivity contribution in [2.24, 2.45) is 0 Å². The molecule has 2 rings (SSSR count). The number of benzene rings is 1. The number of nitrogens with one attached hydrogen (secondary N) is 1. The van der Waals surface area contributed by atoms with Gasteiger partial charge in [-0.15, -0.1) is 0 Å². The van der Waals surface area contributed by atoms with E-state index in [1.807, 2.05) is 30.3 Å². The fourth-order valence-electron chi connectivity index (χ4n) is 2.12. The number of hydrogen-bond acceptors (Lipinski definition) is 4. The first-order valence-electron chi connectivity index (χ1n) is 5.74. The maximum atomic E-state index is 11.2. The molecule has 0 aromatic heterocycles. The number of rotatable bonds is 4. The Kier molecular flexibility index (Phi) is 3.76. The van der Waals surface area contributed by atoms with Gasteiger partial charge < -0.3 is 14.8 Å². The van der Waals surface area contributed by atoms with Crippen LogP contribution in [0, 0.1) is 0 Å². The van der Waals surface area contributed by atoms with Gasteiger partial charge in [-0.1, -0.05) is 30.3 Å². The number of hydrogen-bond donors (Lipinski definition) is 1. The van der Waals surface area contributed by atoms with Gasteiger partial charge in [-0.05, 0) is 18.5 Å². The monoisotopic (exact) mass is 235 g/mol. The first-order valence-corrected chi connectivity index (χ1v) is 5.74. The molecule has 0 saturated carbocycles. The quantitative estimate of drug-likeness (QED) is 0.793. The molecule has 1 heterocycles. The zero-order chi connectivity index (χ0) is 12.1. The first kappa shape index (κ1) is 12.1. The fourth-order valence-corrected chi connectivity index (χ4v) is 2.12. The summed E-state index contributed by atoms with van der Waals surface area (Å²) in [7, 11) is 1.37. The van der Waals surface area contributed by atoms with E-state index in [1.54, 1.807) is 0 Å². The van der Waals surface area contributed by atoms with Gasteiger partial charge in [0.25, 0.3) is 0 Å². The lowest BCUT2D eigenvalue weighted by Crippen LogP contribution is -2.34. The van der Waals surface area contributed by atoms with Crippen molar-refractivity contribution in [1.82, 2.24) is 5.32 Å². The molecule has 1 saturated heterocycles. The van der Waals surface area contributed by atoms with Crippen molar-refractivity contribution in [3.63, 3.8) is 0 Å². The number of carbonyl (C=O) groups is 1. The summed E-state index contributed by atoms with van der Waals surface area (Å²) in [6.07, 6.45) is 0.869. The van der Waals surface area contributed by atoms with E-state index in [-0.39, 0.29) is 12.6 Å². The number of ether oxygens (including phenoxy) is 2. The standard InChI is InChI=1S/C13H17NO3/c1-16-12(15)9-17-13(7-8-14-10-13)11-5-3-2-4-6-11/h2-6,14H,7-10H2,1H3. The highest BCUT2D eigenvalue weighted by Crippen LogP contribution is 2.31. The maximum absolute atomic E-state index is 11.2. The van der Waals surface area contributed by atoms with Crippen LogP contribution in [-0.2, 0) is 19.9 Å². The molecular formula is C13H17NO3. The molecule has 1 N–H and O–H groups in total. The molecule has 1 fully saturated rings. The van der Waals surface area contributed by atoms with E-state index < -0.39 is 5.60 Å². The van der Waals surface area contributed by atoms with Gasteiger partial charge in [-0.2, -0.15) is 0 Å². The molecule has 0 aliphatic carbocycles. The first-order chi connectivity index (χ1) is 8.27. The van der Waals surface area contributed by atoms with Gasteiger partial charge in [-0.3, -0.25) is 0 Å². The van der Waals surface area contributed by atoms with Crippen LogP contribution in [0.3, 0.4) is 0 Å². The van der Waals surface area contributed by atoms with Gasteiger partial charge in [0.05, 0.1) is 7.11 Å². The molecule has 0 spiro atoms. The minimum Gasteiger partial charge on any atom is -0.467 e. The van der Waals surface area contributed by atoms with Crippen molar-refractivity contribution >= 4 is 5.97 Å². The van der Waals surface area contributed by atoms with Gasteiger partial charge in [0.2, 0.25) is 0 Å². The van der Waals surface area contributed by atoms with Crippen LogP contribution < -0.4 is 5.32 Å². The molecule has 1 unspecified atom stereocenters. The summed E-state index contributed by atoms with van der Waals surface area (Å²) in [6.45, 7) is 1.62. The average Bonchev–Trinajstić information content (AvgIpc) is 2.87. The fraction of sp³-hybridized carbons (Fsp3) is 0.462. The second-order valence-electron chi connectivity index (χ2n) is 4.15. The Labute approximate surface area is 101 Å². The second kappa shape index (κ2) is 5.29. The van der Waals surface area contributed by atoms with Crippen molar-refractivity contribution in [3.05, 3.63) is 35.9 Å². The lowest BCUT2D eigenvalue weighted by atomic mass is 9.93. The van der Waals surface area contributed by atoms with Gasteiger partial charge in [0.15, 0.2) is 0 Å². The SMILES string of the molecule is COC(=O)COC1(c2ccccc2)CCNC1. The van der Waals surface area contributed by atoms with E-state index in [0.717, 1.165) is 25.1 Å². The molecule has 4 heteroatoms. The van der Waals surface area contributed by atoms with Crippen molar-refractivity contribution in [2.75, 3.05) is 26.8 Å². The molecule has 1 aliphatic rings. The van der Waals surface area contributed by atoms with Crippen molar-refractivity contribution < 1.29 is 14.3 Å². The number of esters is 1.